The van der Waals surface area contributed by atoms with Crippen molar-refractivity contribution in [1.82, 2.24) is 14.8 Å². The third-order valence-electron chi connectivity index (χ3n) is 2.79. The molecule has 5 nitrogen and oxygen atoms in total. The second-order valence-electron chi connectivity index (χ2n) is 3.98. The molecule has 0 bridgehead atoms. The fraction of sp³-hybridized carbons (Fsp3) is 0.700. The number of alkyl halides is 3. The molecular formula is C10H12F3N3O2. The topological polar surface area (TPSA) is 57.0 Å². The molecule has 0 unspecified atom stereocenters. The number of carbonyl (C=O) groups excluding carboxylic acids is 1. The number of fused-ring (bicyclic) bond motifs is 1. The smallest absolute Gasteiger partial charge is 0.451 e. The molecule has 0 N–H and O–H groups in total. The zero-order valence-corrected chi connectivity index (χ0v) is 9.70. The van der Waals surface area contributed by atoms with Crippen LogP contribution < -0.4 is 0 Å². The van der Waals surface area contributed by atoms with Gasteiger partial charge in [0.2, 0.25) is 5.82 Å². The summed E-state index contributed by atoms with van der Waals surface area (Å²) in [5.74, 6) is -2.29. The van der Waals surface area contributed by atoms with Crippen LogP contribution in [0.4, 0.5) is 13.2 Å². The highest BCUT2D eigenvalue weighted by Crippen LogP contribution is 2.34. The Morgan fingerprint density at radius 3 is 2.83 bits per heavy atom. The maximum Gasteiger partial charge on any atom is 0.451 e. The lowest BCUT2D eigenvalue weighted by Gasteiger charge is -2.22. The van der Waals surface area contributed by atoms with Crippen LogP contribution in [-0.4, -0.2) is 27.3 Å². The van der Waals surface area contributed by atoms with Crippen molar-refractivity contribution in [3.63, 3.8) is 0 Å². The highest BCUT2D eigenvalue weighted by molar-refractivity contribution is 5.77. The molecule has 1 aromatic rings. The number of esters is 1. The average molecular weight is 263 g/mol. The monoisotopic (exact) mass is 263 g/mol. The molecule has 1 aromatic heterocycles. The van der Waals surface area contributed by atoms with Crippen molar-refractivity contribution in [1.29, 1.82) is 0 Å². The maximum atomic E-state index is 12.6. The van der Waals surface area contributed by atoms with Gasteiger partial charge in [-0.3, -0.25) is 4.79 Å². The van der Waals surface area contributed by atoms with Gasteiger partial charge in [0.25, 0.3) is 0 Å². The van der Waals surface area contributed by atoms with Crippen molar-refractivity contribution in [2.75, 3.05) is 6.61 Å². The average Bonchev–Trinajstić information content (AvgIpc) is 2.72. The molecule has 0 saturated heterocycles. The number of ether oxygens (including phenoxy) is 1. The van der Waals surface area contributed by atoms with Crippen LogP contribution in [0.3, 0.4) is 0 Å². The Morgan fingerprint density at radius 1 is 1.50 bits per heavy atom. The largest absolute Gasteiger partial charge is 0.465 e. The van der Waals surface area contributed by atoms with Crippen LogP contribution in [0.15, 0.2) is 0 Å². The fourth-order valence-corrected chi connectivity index (χ4v) is 2.05. The second-order valence-corrected chi connectivity index (χ2v) is 3.98. The molecule has 0 aliphatic carbocycles. The highest BCUT2D eigenvalue weighted by Gasteiger charge is 2.41. The van der Waals surface area contributed by atoms with Crippen LogP contribution in [0, 0.1) is 0 Å². The molecule has 0 aromatic carbocycles. The lowest BCUT2D eigenvalue weighted by atomic mass is 9.99. The van der Waals surface area contributed by atoms with Crippen LogP contribution in [0.25, 0.3) is 0 Å². The van der Waals surface area contributed by atoms with Crippen molar-refractivity contribution in [2.24, 2.45) is 0 Å². The first-order valence-corrected chi connectivity index (χ1v) is 5.62. The molecule has 1 aliphatic rings. The first kappa shape index (κ1) is 12.8. The third kappa shape index (κ3) is 2.19. The number of nitrogens with zero attached hydrogens (tertiary/aromatic N) is 3. The van der Waals surface area contributed by atoms with Crippen molar-refractivity contribution in [3.05, 3.63) is 11.6 Å². The number of halogens is 3. The first-order valence-electron chi connectivity index (χ1n) is 5.62. The Morgan fingerprint density at radius 2 is 2.22 bits per heavy atom. The minimum absolute atomic E-state index is 0.0482. The van der Waals surface area contributed by atoms with E-state index in [0.29, 0.717) is 12.8 Å². The van der Waals surface area contributed by atoms with Gasteiger partial charge in [0, 0.05) is 6.54 Å². The van der Waals surface area contributed by atoms with Gasteiger partial charge in [-0.2, -0.15) is 13.2 Å². The molecule has 1 aliphatic heterocycles. The van der Waals surface area contributed by atoms with Gasteiger partial charge in [0.05, 0.1) is 6.61 Å². The number of hydrogen-bond acceptors (Lipinski definition) is 4. The number of aromatic nitrogens is 3. The Balaban J connectivity index is 2.34. The molecule has 8 heteroatoms. The fourth-order valence-electron chi connectivity index (χ4n) is 2.05. The van der Waals surface area contributed by atoms with Crippen LogP contribution in [-0.2, 0) is 22.3 Å². The van der Waals surface area contributed by atoms with E-state index in [2.05, 4.69) is 10.2 Å². The molecule has 100 valence electrons. The lowest BCUT2D eigenvalue weighted by Crippen LogP contribution is -2.26. The van der Waals surface area contributed by atoms with E-state index in [9.17, 15) is 18.0 Å². The summed E-state index contributed by atoms with van der Waals surface area (Å²) in [6, 6.07) is 0. The summed E-state index contributed by atoms with van der Waals surface area (Å²) in [7, 11) is 0. The van der Waals surface area contributed by atoms with E-state index < -0.39 is 23.9 Å². The third-order valence-corrected chi connectivity index (χ3v) is 2.79. The van der Waals surface area contributed by atoms with E-state index in [1.165, 1.54) is 0 Å². The van der Waals surface area contributed by atoms with Gasteiger partial charge in [0.15, 0.2) is 0 Å². The molecule has 0 spiro atoms. The van der Waals surface area contributed by atoms with Crippen LogP contribution in [0.5, 0.6) is 0 Å². The molecular weight excluding hydrogens is 251 g/mol. The molecule has 18 heavy (non-hydrogen) atoms. The standard InChI is InChI=1S/C10H12F3N3O2/c1-2-18-8(17)6-4-3-5-16-7(6)14-15-9(16)10(11,12)13/h6H,2-5H2,1H3/t6-/m0/s1. The van der Waals surface area contributed by atoms with E-state index >= 15 is 0 Å². The van der Waals surface area contributed by atoms with Crippen molar-refractivity contribution >= 4 is 5.97 Å². The molecule has 0 amide bonds. The molecule has 2 rings (SSSR count). The second kappa shape index (κ2) is 4.58. The zero-order chi connectivity index (χ0) is 13.3. The Kier molecular flexibility index (Phi) is 3.27. The summed E-state index contributed by atoms with van der Waals surface area (Å²) in [6.45, 7) is 2.01. The van der Waals surface area contributed by atoms with E-state index in [1.807, 2.05) is 0 Å². The molecule has 0 saturated carbocycles. The zero-order valence-electron chi connectivity index (χ0n) is 9.70. The van der Waals surface area contributed by atoms with Gasteiger partial charge in [-0.25, -0.2) is 0 Å². The molecule has 0 radical (unpaired) electrons. The van der Waals surface area contributed by atoms with Gasteiger partial charge >= 0.3 is 12.1 Å². The van der Waals surface area contributed by atoms with E-state index in [1.54, 1.807) is 6.92 Å². The first-order chi connectivity index (χ1) is 8.45. The minimum Gasteiger partial charge on any atom is -0.465 e. The predicted molar refractivity (Wildman–Crippen MR) is 53.6 cm³/mol. The molecule has 0 fully saturated rings. The van der Waals surface area contributed by atoms with Gasteiger partial charge < -0.3 is 9.30 Å². The number of rotatable bonds is 2. The van der Waals surface area contributed by atoms with Crippen molar-refractivity contribution in [2.45, 2.75) is 38.4 Å². The Labute approximate surface area is 101 Å². The molecule has 1 atom stereocenters. The summed E-state index contributed by atoms with van der Waals surface area (Å²) in [6.07, 6.45) is -3.64. The van der Waals surface area contributed by atoms with E-state index in [4.69, 9.17) is 4.74 Å². The summed E-state index contributed by atoms with van der Waals surface area (Å²) in [5, 5.41) is 6.64. The Hall–Kier alpha value is -1.60. The number of carbonyl (C=O) groups is 1. The summed E-state index contributed by atoms with van der Waals surface area (Å²) >= 11 is 0. The van der Waals surface area contributed by atoms with Gasteiger partial charge in [-0.15, -0.1) is 10.2 Å². The van der Waals surface area contributed by atoms with E-state index in [-0.39, 0.29) is 19.0 Å². The minimum atomic E-state index is -4.55. The van der Waals surface area contributed by atoms with Crippen LogP contribution >= 0.6 is 0 Å². The summed E-state index contributed by atoms with van der Waals surface area (Å²) < 4.78 is 43.7. The SMILES string of the molecule is CCOC(=O)[C@H]1CCCn2c1nnc2C(F)(F)F. The summed E-state index contributed by atoms with van der Waals surface area (Å²) in [5.41, 5.74) is 0. The van der Waals surface area contributed by atoms with Gasteiger partial charge in [-0.05, 0) is 19.8 Å². The van der Waals surface area contributed by atoms with Crippen LogP contribution in [0.2, 0.25) is 0 Å². The Bertz CT molecular complexity index is 456. The predicted octanol–water partition coefficient (Wildman–Crippen LogP) is 1.74. The van der Waals surface area contributed by atoms with Crippen molar-refractivity contribution in [3.8, 4) is 0 Å². The number of hydrogen-bond donors (Lipinski definition) is 0. The van der Waals surface area contributed by atoms with E-state index in [0.717, 1.165) is 4.57 Å². The lowest BCUT2D eigenvalue weighted by molar-refractivity contribution is -0.150. The van der Waals surface area contributed by atoms with Gasteiger partial charge in [0.1, 0.15) is 11.7 Å². The summed E-state index contributed by atoms with van der Waals surface area (Å²) in [4.78, 5) is 11.6. The quantitative estimate of drug-likeness (QED) is 0.762. The normalized spacial score (nSPS) is 19.4. The molecule has 2 heterocycles. The van der Waals surface area contributed by atoms with Gasteiger partial charge in [-0.1, -0.05) is 0 Å². The van der Waals surface area contributed by atoms with Crippen LogP contribution in [0.1, 0.15) is 37.3 Å². The highest BCUT2D eigenvalue weighted by atomic mass is 19.4. The van der Waals surface area contributed by atoms with Crippen molar-refractivity contribution < 1.29 is 22.7 Å². The maximum absolute atomic E-state index is 12.6.